The summed E-state index contributed by atoms with van der Waals surface area (Å²) < 4.78 is 0. The van der Waals surface area contributed by atoms with Gasteiger partial charge in [0.25, 0.3) is 11.4 Å². The molecule has 0 fully saturated rings. The molecule has 0 spiro atoms. The summed E-state index contributed by atoms with van der Waals surface area (Å²) >= 11 is 0. The third-order valence-electron chi connectivity index (χ3n) is 5.92. The highest BCUT2D eigenvalue weighted by Gasteiger charge is 2.17. The first-order valence-corrected chi connectivity index (χ1v) is 10.9. The summed E-state index contributed by atoms with van der Waals surface area (Å²) in [5.41, 5.74) is 5.66. The fourth-order valence-electron chi connectivity index (χ4n) is 4.24. The predicted octanol–water partition coefficient (Wildman–Crippen LogP) is 5.51. The average molecular weight is 452 g/mol. The zero-order valence-electron chi connectivity index (χ0n) is 18.2. The second-order valence-corrected chi connectivity index (χ2v) is 8.31. The Bertz CT molecular complexity index is 1430. The molecule has 4 aromatic rings. The first-order chi connectivity index (χ1) is 16.4. The van der Waals surface area contributed by atoms with E-state index in [0.29, 0.717) is 48.1 Å². The number of nitrogens with zero attached hydrogens (tertiary/aromatic N) is 4. The van der Waals surface area contributed by atoms with Crippen LogP contribution in [0.2, 0.25) is 0 Å². The van der Waals surface area contributed by atoms with Gasteiger partial charge in [0.2, 0.25) is 0 Å². The number of aryl methyl sites for hydroxylation is 4. The molecule has 8 nitrogen and oxygen atoms in total. The Kier molecular flexibility index (Phi) is 5.55. The Morgan fingerprint density at radius 3 is 1.79 bits per heavy atom. The SMILES string of the molecule is O=[N+]([O-])c1cc2cc(c1)-c1cc(cc([N+](=O)[O-])c1)-c1cccc(n1)CCc1cccc(n1)CC2. The van der Waals surface area contributed by atoms with Crippen molar-refractivity contribution in [3.63, 3.8) is 0 Å². The topological polar surface area (TPSA) is 112 Å². The summed E-state index contributed by atoms with van der Waals surface area (Å²) in [6.45, 7) is 0. The highest BCUT2D eigenvalue weighted by atomic mass is 16.6. The maximum Gasteiger partial charge on any atom is 0.270 e. The van der Waals surface area contributed by atoms with Gasteiger partial charge in [-0.3, -0.25) is 30.2 Å². The number of non-ortho nitro benzene ring substituents is 2. The van der Waals surface area contributed by atoms with Crippen molar-refractivity contribution in [1.82, 2.24) is 9.97 Å². The van der Waals surface area contributed by atoms with E-state index in [9.17, 15) is 20.2 Å². The van der Waals surface area contributed by atoms with Gasteiger partial charge in [-0.1, -0.05) is 18.2 Å². The number of hydrogen-bond donors (Lipinski definition) is 0. The largest absolute Gasteiger partial charge is 0.270 e. The lowest BCUT2D eigenvalue weighted by atomic mass is 9.96. The molecular weight excluding hydrogens is 432 g/mol. The van der Waals surface area contributed by atoms with Crippen LogP contribution in [0, 0.1) is 20.2 Å². The molecule has 0 amide bonds. The van der Waals surface area contributed by atoms with E-state index in [4.69, 9.17) is 9.97 Å². The molecule has 0 N–H and O–H groups in total. The Hall–Kier alpha value is -4.46. The molecule has 8 heteroatoms. The number of hydrogen-bond acceptors (Lipinski definition) is 6. The van der Waals surface area contributed by atoms with Crippen LogP contribution in [-0.2, 0) is 25.7 Å². The zero-order valence-corrected chi connectivity index (χ0v) is 18.2. The van der Waals surface area contributed by atoms with E-state index in [1.165, 1.54) is 18.2 Å². The normalized spacial score (nSPS) is 12.7. The van der Waals surface area contributed by atoms with Gasteiger partial charge in [0.05, 0.1) is 15.5 Å². The molecular formula is C26H20N4O4. The maximum absolute atomic E-state index is 11.7. The lowest BCUT2D eigenvalue weighted by Gasteiger charge is -2.11. The number of nitro benzene ring substituents is 2. The van der Waals surface area contributed by atoms with Crippen LogP contribution in [0.25, 0.3) is 22.4 Å². The smallest absolute Gasteiger partial charge is 0.258 e. The van der Waals surface area contributed by atoms with Crippen LogP contribution in [0.3, 0.4) is 0 Å². The van der Waals surface area contributed by atoms with Crippen LogP contribution >= 0.6 is 0 Å². The van der Waals surface area contributed by atoms with E-state index >= 15 is 0 Å². The molecule has 5 rings (SSSR count). The molecule has 34 heavy (non-hydrogen) atoms. The molecule has 0 aliphatic carbocycles. The van der Waals surface area contributed by atoms with Gasteiger partial charge < -0.3 is 0 Å². The van der Waals surface area contributed by atoms with Crippen LogP contribution in [0.4, 0.5) is 11.4 Å². The van der Waals surface area contributed by atoms with Crippen LogP contribution < -0.4 is 0 Å². The monoisotopic (exact) mass is 452 g/mol. The second-order valence-electron chi connectivity index (χ2n) is 8.31. The van der Waals surface area contributed by atoms with E-state index in [-0.39, 0.29) is 11.4 Å². The Labute approximate surface area is 195 Å². The lowest BCUT2D eigenvalue weighted by Crippen LogP contribution is -2.02. The second kappa shape index (κ2) is 8.82. The van der Waals surface area contributed by atoms with Crippen molar-refractivity contribution in [3.05, 3.63) is 116 Å². The fourth-order valence-corrected chi connectivity index (χ4v) is 4.24. The molecule has 0 saturated heterocycles. The summed E-state index contributed by atoms with van der Waals surface area (Å²) in [7, 11) is 0. The van der Waals surface area contributed by atoms with Gasteiger partial charge in [0.1, 0.15) is 0 Å². The Morgan fingerprint density at radius 1 is 0.588 bits per heavy atom. The van der Waals surface area contributed by atoms with Gasteiger partial charge in [-0.2, -0.15) is 0 Å². The van der Waals surface area contributed by atoms with E-state index in [1.54, 1.807) is 12.1 Å². The first-order valence-electron chi connectivity index (χ1n) is 10.9. The maximum atomic E-state index is 11.7. The number of benzene rings is 2. The van der Waals surface area contributed by atoms with Crippen molar-refractivity contribution in [1.29, 1.82) is 0 Å². The van der Waals surface area contributed by atoms with Gasteiger partial charge in [-0.15, -0.1) is 0 Å². The van der Waals surface area contributed by atoms with Crippen molar-refractivity contribution in [2.45, 2.75) is 25.7 Å². The molecule has 0 atom stereocenters. The summed E-state index contributed by atoms with van der Waals surface area (Å²) in [6, 6.07) is 21.2. The predicted molar refractivity (Wildman–Crippen MR) is 127 cm³/mol. The molecule has 1 aliphatic heterocycles. The minimum Gasteiger partial charge on any atom is -0.258 e. The average Bonchev–Trinajstić information content (AvgIpc) is 2.85. The van der Waals surface area contributed by atoms with Gasteiger partial charge in [0, 0.05) is 46.9 Å². The summed E-state index contributed by atoms with van der Waals surface area (Å²) in [4.78, 5) is 31.9. The van der Waals surface area contributed by atoms with Gasteiger partial charge in [-0.25, -0.2) is 0 Å². The molecule has 8 bridgehead atoms. The highest BCUT2D eigenvalue weighted by molar-refractivity contribution is 5.76. The van der Waals surface area contributed by atoms with Crippen molar-refractivity contribution in [3.8, 4) is 22.4 Å². The lowest BCUT2D eigenvalue weighted by molar-refractivity contribution is -0.385. The number of fused-ring (bicyclic) bond motifs is 10. The van der Waals surface area contributed by atoms with Crippen molar-refractivity contribution in [2.75, 3.05) is 0 Å². The minimum absolute atomic E-state index is 0.0523. The van der Waals surface area contributed by atoms with Crippen LogP contribution in [0.5, 0.6) is 0 Å². The molecule has 168 valence electrons. The molecule has 0 unspecified atom stereocenters. The number of aromatic nitrogens is 2. The van der Waals surface area contributed by atoms with E-state index in [1.807, 2.05) is 42.5 Å². The van der Waals surface area contributed by atoms with Crippen LogP contribution in [0.15, 0.2) is 72.8 Å². The summed E-state index contributed by atoms with van der Waals surface area (Å²) in [5.74, 6) is 0. The molecule has 3 heterocycles. The number of rotatable bonds is 2. The zero-order chi connectivity index (χ0) is 23.7. The van der Waals surface area contributed by atoms with E-state index in [0.717, 1.165) is 22.6 Å². The van der Waals surface area contributed by atoms with Gasteiger partial charge >= 0.3 is 0 Å². The third-order valence-corrected chi connectivity index (χ3v) is 5.92. The Morgan fingerprint density at radius 2 is 1.12 bits per heavy atom. The van der Waals surface area contributed by atoms with Gasteiger partial charge in [-0.05, 0) is 72.7 Å². The van der Waals surface area contributed by atoms with Crippen molar-refractivity contribution in [2.24, 2.45) is 0 Å². The summed E-state index contributed by atoms with van der Waals surface area (Å²) in [6.07, 6.45) is 2.60. The fraction of sp³-hybridized carbons (Fsp3) is 0.154. The van der Waals surface area contributed by atoms with Gasteiger partial charge in [0.15, 0.2) is 0 Å². The van der Waals surface area contributed by atoms with Crippen LogP contribution in [-0.4, -0.2) is 19.8 Å². The molecule has 2 aromatic heterocycles. The van der Waals surface area contributed by atoms with E-state index in [2.05, 4.69) is 0 Å². The highest BCUT2D eigenvalue weighted by Crippen LogP contribution is 2.33. The van der Waals surface area contributed by atoms with Crippen molar-refractivity contribution < 1.29 is 9.85 Å². The Balaban J connectivity index is 1.73. The molecule has 0 radical (unpaired) electrons. The summed E-state index contributed by atoms with van der Waals surface area (Å²) in [5, 5.41) is 23.3. The van der Waals surface area contributed by atoms with Crippen molar-refractivity contribution >= 4 is 11.4 Å². The molecule has 1 aliphatic rings. The quantitative estimate of drug-likeness (QED) is 0.293. The van der Waals surface area contributed by atoms with Crippen LogP contribution in [0.1, 0.15) is 22.6 Å². The standard InChI is InChI=1S/C26H20N4O4/c31-29(32)24-12-17-7-8-21-3-1-4-22(27-21)9-10-23-5-2-6-26(28-23)20-13-19(18(11-17)14-24)15-25(16-20)30(33)34/h1-6,11-16H,7-10H2. The third kappa shape index (κ3) is 4.52. The number of nitro groups is 2. The molecule has 2 aromatic carbocycles. The van der Waals surface area contributed by atoms with E-state index < -0.39 is 9.85 Å². The first kappa shape index (κ1) is 21.4. The number of pyridine rings is 2. The molecule has 0 saturated carbocycles. The minimum atomic E-state index is -0.453.